The molecular weight excluding hydrogens is 505 g/mol. The van der Waals surface area contributed by atoms with Crippen molar-refractivity contribution in [1.29, 1.82) is 0 Å². The number of thiophene rings is 1. The highest BCUT2D eigenvalue weighted by Gasteiger charge is 2.46. The monoisotopic (exact) mass is 538 g/mol. The molecule has 0 saturated carbocycles. The van der Waals surface area contributed by atoms with Gasteiger partial charge < -0.3 is 5.32 Å². The predicted molar refractivity (Wildman–Crippen MR) is 160 cm³/mol. The normalized spacial score (nSPS) is 23.1. The average Bonchev–Trinajstić information content (AvgIpc) is 3.48. The zero-order chi connectivity index (χ0) is 26.1. The molecule has 1 fully saturated rings. The summed E-state index contributed by atoms with van der Waals surface area (Å²) in [5.41, 5.74) is 7.38. The van der Waals surface area contributed by atoms with E-state index in [-0.39, 0.29) is 12.6 Å². The molecule has 1 aliphatic heterocycles. The largest absolute Gasteiger partial charge is 0.339 e. The molecule has 3 unspecified atom stereocenters. The molecule has 3 atom stereocenters. The summed E-state index contributed by atoms with van der Waals surface area (Å²) < 4.78 is 0. The molecule has 1 amide bonds. The van der Waals surface area contributed by atoms with Crippen LogP contribution in [0.2, 0.25) is 0 Å². The molecule has 0 spiro atoms. The van der Waals surface area contributed by atoms with Gasteiger partial charge in [-0.3, -0.25) is 9.78 Å². The second kappa shape index (κ2) is 10.5. The second-order valence-electron chi connectivity index (χ2n) is 10.5. The van der Waals surface area contributed by atoms with E-state index in [1.807, 2.05) is 12.1 Å². The third kappa shape index (κ3) is 4.74. The molecule has 3 heterocycles. The minimum absolute atomic E-state index is 0. The number of aryl methyl sites for hydroxylation is 2. The molecule has 194 valence electrons. The Balaban J connectivity index is 0.00000308. The SMILES string of the molecule is C=C1CC(c2ccsc2)(c2cccc(CC3CCCc4ccccc43)n2)NC(=O)C1Sc1ccccc1C.[HH]. The number of hydrogen-bond acceptors (Lipinski definition) is 4. The summed E-state index contributed by atoms with van der Waals surface area (Å²) >= 11 is 3.24. The van der Waals surface area contributed by atoms with Crippen LogP contribution >= 0.6 is 23.1 Å². The van der Waals surface area contributed by atoms with Gasteiger partial charge in [0.15, 0.2) is 0 Å². The van der Waals surface area contributed by atoms with Crippen molar-refractivity contribution in [2.45, 2.75) is 60.6 Å². The smallest absolute Gasteiger partial charge is 0.238 e. The Hall–Kier alpha value is -3.15. The Bertz CT molecular complexity index is 1460. The number of pyridine rings is 1. The highest BCUT2D eigenvalue weighted by molar-refractivity contribution is 8.00. The van der Waals surface area contributed by atoms with Gasteiger partial charge in [-0.2, -0.15) is 11.3 Å². The molecule has 2 aromatic carbocycles. The van der Waals surface area contributed by atoms with Gasteiger partial charge >= 0.3 is 0 Å². The van der Waals surface area contributed by atoms with Crippen LogP contribution in [0.5, 0.6) is 0 Å². The van der Waals surface area contributed by atoms with Gasteiger partial charge in [-0.25, -0.2) is 0 Å². The van der Waals surface area contributed by atoms with E-state index < -0.39 is 5.54 Å². The lowest BCUT2D eigenvalue weighted by atomic mass is 9.78. The minimum Gasteiger partial charge on any atom is -0.339 e. The van der Waals surface area contributed by atoms with Gasteiger partial charge in [-0.05, 0) is 95.8 Å². The lowest BCUT2D eigenvalue weighted by Crippen LogP contribution is -2.55. The van der Waals surface area contributed by atoms with Crippen LogP contribution in [0.25, 0.3) is 0 Å². The van der Waals surface area contributed by atoms with Crippen molar-refractivity contribution in [2.24, 2.45) is 0 Å². The summed E-state index contributed by atoms with van der Waals surface area (Å²) in [6, 6.07) is 25.5. The molecule has 5 heteroatoms. The third-order valence-electron chi connectivity index (χ3n) is 7.98. The van der Waals surface area contributed by atoms with Crippen LogP contribution in [0.1, 0.15) is 60.2 Å². The van der Waals surface area contributed by atoms with Crippen molar-refractivity contribution >= 4 is 29.0 Å². The Kier molecular flexibility index (Phi) is 6.98. The summed E-state index contributed by atoms with van der Waals surface area (Å²) in [5, 5.41) is 7.32. The van der Waals surface area contributed by atoms with Gasteiger partial charge in [-0.15, -0.1) is 11.8 Å². The van der Waals surface area contributed by atoms with Crippen LogP contribution in [0.3, 0.4) is 0 Å². The summed E-state index contributed by atoms with van der Waals surface area (Å²) in [5.74, 6) is 0.472. The second-order valence-corrected chi connectivity index (χ2v) is 12.4. The van der Waals surface area contributed by atoms with E-state index in [0.717, 1.165) is 40.3 Å². The van der Waals surface area contributed by atoms with E-state index in [9.17, 15) is 4.79 Å². The van der Waals surface area contributed by atoms with Gasteiger partial charge in [0.25, 0.3) is 0 Å². The van der Waals surface area contributed by atoms with Gasteiger partial charge in [0.1, 0.15) is 10.8 Å². The third-order valence-corrected chi connectivity index (χ3v) is 10.2. The lowest BCUT2D eigenvalue weighted by molar-refractivity contribution is -0.122. The molecule has 2 aliphatic rings. The molecule has 6 rings (SSSR count). The van der Waals surface area contributed by atoms with Crippen LogP contribution in [0.4, 0.5) is 0 Å². The highest BCUT2D eigenvalue weighted by Crippen LogP contribution is 2.44. The van der Waals surface area contributed by atoms with E-state index in [2.05, 4.69) is 90.2 Å². The molecule has 0 bridgehead atoms. The number of carbonyl (C=O) groups excluding carboxylic acids is 1. The lowest BCUT2D eigenvalue weighted by Gasteiger charge is -2.41. The summed E-state index contributed by atoms with van der Waals surface area (Å²) in [4.78, 5) is 20.1. The topological polar surface area (TPSA) is 42.0 Å². The number of carbonyl (C=O) groups is 1. The maximum atomic E-state index is 13.7. The molecular formula is C33H34N2OS2. The molecule has 1 N–H and O–H groups in total. The molecule has 4 aromatic rings. The number of nitrogens with one attached hydrogen (secondary N) is 1. The number of aromatic nitrogens is 1. The fourth-order valence-corrected chi connectivity index (χ4v) is 7.84. The van der Waals surface area contributed by atoms with Crippen LogP contribution in [0, 0.1) is 6.92 Å². The Morgan fingerprint density at radius 3 is 2.76 bits per heavy atom. The van der Waals surface area contributed by atoms with Crippen LogP contribution in [0.15, 0.2) is 101 Å². The zero-order valence-corrected chi connectivity index (χ0v) is 23.3. The standard InChI is InChI=1S/C33H32N2OS2.H2/c1-22-9-3-6-15-29(22)38-31-23(2)20-33(35-32(31)36,26-17-18-37-21-26)30-16-8-13-27(34-30)19-25-12-7-11-24-10-4-5-14-28(24)25;/h3-6,8-10,13-18,21,25,31H,2,7,11-12,19-20H2,1H3,(H,35,36);1H. The number of hydrogen-bond donors (Lipinski definition) is 1. The number of rotatable bonds is 6. The summed E-state index contributed by atoms with van der Waals surface area (Å²) in [6.07, 6.45) is 5.10. The Morgan fingerprint density at radius 2 is 1.95 bits per heavy atom. The van der Waals surface area contributed by atoms with E-state index in [0.29, 0.717) is 12.3 Å². The first-order valence-electron chi connectivity index (χ1n) is 13.3. The first-order valence-corrected chi connectivity index (χ1v) is 15.1. The molecule has 3 nitrogen and oxygen atoms in total. The van der Waals surface area contributed by atoms with Gasteiger partial charge in [0, 0.05) is 18.4 Å². The molecule has 0 radical (unpaired) electrons. The Morgan fingerprint density at radius 1 is 1.11 bits per heavy atom. The first kappa shape index (κ1) is 25.1. The fourth-order valence-electron chi connectivity index (χ4n) is 6.03. The van der Waals surface area contributed by atoms with Gasteiger partial charge in [0.2, 0.25) is 5.91 Å². The summed E-state index contributed by atoms with van der Waals surface area (Å²) in [6.45, 7) is 6.52. The number of fused-ring (bicyclic) bond motifs is 1. The number of thioether (sulfide) groups is 1. The maximum absolute atomic E-state index is 13.7. The summed E-state index contributed by atoms with van der Waals surface area (Å²) in [7, 11) is 0. The van der Waals surface area contributed by atoms with E-state index >= 15 is 0 Å². The number of benzene rings is 2. The molecule has 38 heavy (non-hydrogen) atoms. The van der Waals surface area contributed by atoms with Crippen molar-refractivity contribution < 1.29 is 6.22 Å². The quantitative estimate of drug-likeness (QED) is 0.254. The van der Waals surface area contributed by atoms with Crippen molar-refractivity contribution in [3.05, 3.63) is 129 Å². The number of piperidine rings is 1. The molecule has 1 aliphatic carbocycles. The van der Waals surface area contributed by atoms with E-state index in [1.165, 1.54) is 29.5 Å². The number of nitrogens with zero attached hydrogens (tertiary/aromatic N) is 1. The molecule has 2 aromatic heterocycles. The average molecular weight is 539 g/mol. The predicted octanol–water partition coefficient (Wildman–Crippen LogP) is 7.84. The molecule has 1 saturated heterocycles. The van der Waals surface area contributed by atoms with Crippen molar-refractivity contribution in [3.8, 4) is 0 Å². The van der Waals surface area contributed by atoms with Crippen LogP contribution in [-0.4, -0.2) is 16.1 Å². The first-order chi connectivity index (χ1) is 18.5. The fraction of sp³-hybridized carbons (Fsp3) is 0.273. The van der Waals surface area contributed by atoms with Gasteiger partial charge in [-0.1, -0.05) is 60.7 Å². The Labute approximate surface area is 234 Å². The maximum Gasteiger partial charge on any atom is 0.238 e. The number of amides is 1. The van der Waals surface area contributed by atoms with Crippen LogP contribution < -0.4 is 5.32 Å². The van der Waals surface area contributed by atoms with Crippen LogP contribution in [-0.2, 0) is 23.2 Å². The highest BCUT2D eigenvalue weighted by atomic mass is 32.2. The van der Waals surface area contributed by atoms with Crippen molar-refractivity contribution in [2.75, 3.05) is 0 Å². The minimum atomic E-state index is -0.711. The van der Waals surface area contributed by atoms with E-state index in [1.54, 1.807) is 23.1 Å². The van der Waals surface area contributed by atoms with Crippen molar-refractivity contribution in [1.82, 2.24) is 10.3 Å². The van der Waals surface area contributed by atoms with Crippen molar-refractivity contribution in [3.63, 3.8) is 0 Å². The van der Waals surface area contributed by atoms with E-state index in [4.69, 9.17) is 4.98 Å². The zero-order valence-electron chi connectivity index (χ0n) is 21.7. The van der Waals surface area contributed by atoms with Gasteiger partial charge in [0.05, 0.1) is 5.69 Å².